The molecule has 1 aromatic carbocycles. The van der Waals surface area contributed by atoms with Gasteiger partial charge in [-0.3, -0.25) is 0 Å². The van der Waals surface area contributed by atoms with Crippen molar-refractivity contribution < 1.29 is 9.50 Å². The first-order chi connectivity index (χ1) is 6.70. The summed E-state index contributed by atoms with van der Waals surface area (Å²) in [6.07, 6.45) is 1.15. The first-order valence-electron chi connectivity index (χ1n) is 4.35. The highest BCUT2D eigenvalue weighted by Gasteiger charge is 2.13. The lowest BCUT2D eigenvalue weighted by Crippen LogP contribution is -2.17. The molecule has 0 saturated carbocycles. The number of aliphatic hydroxyl groups is 1. The minimum Gasteiger partial charge on any atom is -0.387 e. The van der Waals surface area contributed by atoms with Crippen molar-refractivity contribution in [2.45, 2.75) is 11.0 Å². The summed E-state index contributed by atoms with van der Waals surface area (Å²) < 4.78 is 13.3. The average Bonchev–Trinajstić information content (AvgIpc) is 2.17. The van der Waals surface area contributed by atoms with Crippen molar-refractivity contribution in [2.75, 3.05) is 19.8 Å². The minimum absolute atomic E-state index is 0.273. The maximum Gasteiger partial charge on any atom is 0.137 e. The van der Waals surface area contributed by atoms with Crippen LogP contribution in [0.4, 0.5) is 4.39 Å². The summed E-state index contributed by atoms with van der Waals surface area (Å²) in [4.78, 5) is 0.523. The number of likely N-dealkylation sites (N-methyl/N-ethyl adjacent to an activating group) is 1. The van der Waals surface area contributed by atoms with Crippen molar-refractivity contribution in [3.63, 3.8) is 0 Å². The van der Waals surface area contributed by atoms with Crippen LogP contribution in [0.25, 0.3) is 0 Å². The number of benzene rings is 1. The lowest BCUT2D eigenvalue weighted by Gasteiger charge is -2.14. The van der Waals surface area contributed by atoms with Crippen LogP contribution in [-0.4, -0.2) is 25.0 Å². The van der Waals surface area contributed by atoms with Crippen molar-refractivity contribution in [1.29, 1.82) is 0 Å². The van der Waals surface area contributed by atoms with Crippen molar-refractivity contribution in [3.8, 4) is 0 Å². The van der Waals surface area contributed by atoms with E-state index in [1.54, 1.807) is 25.4 Å². The molecule has 0 aliphatic rings. The Morgan fingerprint density at radius 1 is 1.57 bits per heavy atom. The molecule has 1 aromatic rings. The molecule has 2 N–H and O–H groups in total. The summed E-state index contributed by atoms with van der Waals surface area (Å²) >= 11 is 1.31. The van der Waals surface area contributed by atoms with Gasteiger partial charge in [-0.15, -0.1) is 11.8 Å². The monoisotopic (exact) mass is 215 g/mol. The van der Waals surface area contributed by atoms with E-state index in [0.29, 0.717) is 17.0 Å². The Labute approximate surface area is 87.5 Å². The molecule has 0 radical (unpaired) electrons. The summed E-state index contributed by atoms with van der Waals surface area (Å²) in [7, 11) is 1.75. The van der Waals surface area contributed by atoms with E-state index in [0.717, 1.165) is 0 Å². The number of hydrogen-bond donors (Lipinski definition) is 2. The molecule has 0 saturated heterocycles. The zero-order valence-corrected chi connectivity index (χ0v) is 9.07. The van der Waals surface area contributed by atoms with Gasteiger partial charge in [0.1, 0.15) is 5.82 Å². The Bertz CT molecular complexity index is 306. The van der Waals surface area contributed by atoms with Crippen molar-refractivity contribution in [2.24, 2.45) is 0 Å². The highest BCUT2D eigenvalue weighted by molar-refractivity contribution is 7.98. The zero-order chi connectivity index (χ0) is 10.6. The van der Waals surface area contributed by atoms with Crippen LogP contribution in [0.1, 0.15) is 11.7 Å². The van der Waals surface area contributed by atoms with Gasteiger partial charge in [0.2, 0.25) is 0 Å². The van der Waals surface area contributed by atoms with Crippen LogP contribution in [-0.2, 0) is 0 Å². The molecule has 1 rings (SSSR count). The molecule has 0 fully saturated rings. The third-order valence-electron chi connectivity index (χ3n) is 1.96. The van der Waals surface area contributed by atoms with Crippen molar-refractivity contribution in [1.82, 2.24) is 5.32 Å². The predicted molar refractivity (Wildman–Crippen MR) is 57.1 cm³/mol. The second kappa shape index (κ2) is 5.34. The molecule has 0 heterocycles. The van der Waals surface area contributed by atoms with Gasteiger partial charge in [0, 0.05) is 11.4 Å². The number of hydrogen-bond acceptors (Lipinski definition) is 3. The molecule has 0 bridgehead atoms. The third kappa shape index (κ3) is 2.47. The highest BCUT2D eigenvalue weighted by Crippen LogP contribution is 2.28. The molecule has 0 aliphatic carbocycles. The Hall–Kier alpha value is -0.580. The zero-order valence-electron chi connectivity index (χ0n) is 8.25. The van der Waals surface area contributed by atoms with E-state index in [1.807, 2.05) is 0 Å². The summed E-state index contributed by atoms with van der Waals surface area (Å²) in [6.45, 7) is 0.428. The molecule has 1 unspecified atom stereocenters. The topological polar surface area (TPSA) is 32.3 Å². The summed E-state index contributed by atoms with van der Waals surface area (Å²) in [5, 5.41) is 12.6. The standard InChI is InChI=1S/C10H14FNOS/c1-12-6-9(13)7-4-3-5-8(11)10(7)14-2/h3-5,9,12-13H,6H2,1-2H3. The van der Waals surface area contributed by atoms with Gasteiger partial charge < -0.3 is 10.4 Å². The Kier molecular flexibility index (Phi) is 4.38. The fourth-order valence-electron chi connectivity index (χ4n) is 1.31. The van der Waals surface area contributed by atoms with Gasteiger partial charge >= 0.3 is 0 Å². The van der Waals surface area contributed by atoms with E-state index in [2.05, 4.69) is 5.32 Å². The van der Waals surface area contributed by atoms with E-state index in [-0.39, 0.29) is 5.82 Å². The van der Waals surface area contributed by atoms with Crippen LogP contribution in [0.15, 0.2) is 23.1 Å². The first kappa shape index (κ1) is 11.5. The molecular formula is C10H14FNOS. The normalized spacial score (nSPS) is 12.9. The van der Waals surface area contributed by atoms with Gasteiger partial charge in [0.15, 0.2) is 0 Å². The van der Waals surface area contributed by atoms with Gasteiger partial charge in [-0.2, -0.15) is 0 Å². The molecule has 4 heteroatoms. The van der Waals surface area contributed by atoms with Crippen LogP contribution in [0.3, 0.4) is 0 Å². The molecule has 78 valence electrons. The van der Waals surface area contributed by atoms with Crippen molar-refractivity contribution in [3.05, 3.63) is 29.6 Å². The van der Waals surface area contributed by atoms with E-state index >= 15 is 0 Å². The predicted octanol–water partition coefficient (Wildman–Crippen LogP) is 1.80. The van der Waals surface area contributed by atoms with E-state index in [1.165, 1.54) is 17.8 Å². The number of aliphatic hydroxyl groups excluding tert-OH is 1. The summed E-state index contributed by atoms with van der Waals surface area (Å²) in [5.41, 5.74) is 0.645. The lowest BCUT2D eigenvalue weighted by molar-refractivity contribution is 0.174. The fourth-order valence-corrected chi connectivity index (χ4v) is 2.01. The summed E-state index contributed by atoms with van der Waals surface area (Å²) in [6, 6.07) is 4.77. The fraction of sp³-hybridized carbons (Fsp3) is 0.400. The second-order valence-electron chi connectivity index (χ2n) is 2.94. The van der Waals surface area contributed by atoms with Crippen LogP contribution in [0, 0.1) is 5.82 Å². The van der Waals surface area contributed by atoms with Crippen molar-refractivity contribution >= 4 is 11.8 Å². The smallest absolute Gasteiger partial charge is 0.137 e. The minimum atomic E-state index is -0.654. The number of rotatable bonds is 4. The highest BCUT2D eigenvalue weighted by atomic mass is 32.2. The SMILES string of the molecule is CNCC(O)c1cccc(F)c1SC. The van der Waals surface area contributed by atoms with Gasteiger partial charge in [0.05, 0.1) is 6.10 Å². The first-order valence-corrected chi connectivity index (χ1v) is 5.58. The number of nitrogens with one attached hydrogen (secondary N) is 1. The third-order valence-corrected chi connectivity index (χ3v) is 2.80. The van der Waals surface area contributed by atoms with E-state index in [4.69, 9.17) is 0 Å². The molecule has 1 atom stereocenters. The number of thioether (sulfide) groups is 1. The second-order valence-corrected chi connectivity index (χ2v) is 3.75. The van der Waals surface area contributed by atoms with Gasteiger partial charge in [-0.25, -0.2) is 4.39 Å². The Morgan fingerprint density at radius 3 is 2.86 bits per heavy atom. The number of halogens is 1. The summed E-state index contributed by atoms with van der Waals surface area (Å²) in [5.74, 6) is -0.273. The largest absolute Gasteiger partial charge is 0.387 e. The van der Waals surface area contributed by atoms with Gasteiger partial charge in [-0.1, -0.05) is 12.1 Å². The van der Waals surface area contributed by atoms with Gasteiger partial charge in [-0.05, 0) is 24.9 Å². The molecule has 0 aromatic heterocycles. The molecule has 14 heavy (non-hydrogen) atoms. The van der Waals surface area contributed by atoms with E-state index in [9.17, 15) is 9.50 Å². The van der Waals surface area contributed by atoms with Gasteiger partial charge in [0.25, 0.3) is 0 Å². The maximum atomic E-state index is 13.3. The molecule has 2 nitrogen and oxygen atoms in total. The van der Waals surface area contributed by atoms with E-state index < -0.39 is 6.10 Å². The molecular weight excluding hydrogens is 201 g/mol. The van der Waals surface area contributed by atoms with Crippen LogP contribution < -0.4 is 5.32 Å². The molecule has 0 aliphatic heterocycles. The Morgan fingerprint density at radius 2 is 2.29 bits per heavy atom. The molecule has 0 spiro atoms. The average molecular weight is 215 g/mol. The maximum absolute atomic E-state index is 13.3. The van der Waals surface area contributed by atoms with Crippen LogP contribution >= 0.6 is 11.8 Å². The quantitative estimate of drug-likeness (QED) is 0.751. The van der Waals surface area contributed by atoms with Crippen LogP contribution in [0.5, 0.6) is 0 Å². The Balaban J connectivity index is 3.00. The molecule has 0 amide bonds. The van der Waals surface area contributed by atoms with Crippen LogP contribution in [0.2, 0.25) is 0 Å². The lowest BCUT2D eigenvalue weighted by atomic mass is 10.1.